The molecule has 0 saturated carbocycles. The van der Waals surface area contributed by atoms with Crippen LogP contribution in [0.2, 0.25) is 0 Å². The fraction of sp³-hybridized carbons (Fsp3) is 0.200. The van der Waals surface area contributed by atoms with Gasteiger partial charge in [0.2, 0.25) is 0 Å². The average molecular weight is 205 g/mol. The first kappa shape index (κ1) is 9.67. The standard InChI is InChI=1S/C10H11N3O2/c1-11-5-7-6-12-9-8(10(14)15)3-2-4-13(7)9/h2-4,6,11H,5H2,1H3,(H,14,15). The first-order chi connectivity index (χ1) is 7.24. The Labute approximate surface area is 86.4 Å². The summed E-state index contributed by atoms with van der Waals surface area (Å²) in [4.78, 5) is 15.0. The molecule has 0 radical (unpaired) electrons. The molecule has 0 aliphatic rings. The highest BCUT2D eigenvalue weighted by Crippen LogP contribution is 2.11. The number of nitrogens with zero attached hydrogens (tertiary/aromatic N) is 2. The van der Waals surface area contributed by atoms with Crippen LogP contribution in [0.15, 0.2) is 24.5 Å². The molecule has 2 heterocycles. The van der Waals surface area contributed by atoms with Crippen LogP contribution < -0.4 is 5.32 Å². The molecular formula is C10H11N3O2. The number of carboxylic acids is 1. The van der Waals surface area contributed by atoms with Gasteiger partial charge < -0.3 is 14.8 Å². The van der Waals surface area contributed by atoms with E-state index in [2.05, 4.69) is 10.3 Å². The van der Waals surface area contributed by atoms with E-state index in [4.69, 9.17) is 5.11 Å². The van der Waals surface area contributed by atoms with Crippen molar-refractivity contribution in [2.75, 3.05) is 7.05 Å². The molecule has 0 fully saturated rings. The second kappa shape index (κ2) is 3.70. The van der Waals surface area contributed by atoms with Gasteiger partial charge in [0.05, 0.1) is 11.9 Å². The highest BCUT2D eigenvalue weighted by Gasteiger charge is 2.11. The first-order valence-electron chi connectivity index (χ1n) is 4.57. The monoisotopic (exact) mass is 205 g/mol. The molecule has 0 unspecified atom stereocenters. The number of fused-ring (bicyclic) bond motifs is 1. The van der Waals surface area contributed by atoms with Gasteiger partial charge in [0.15, 0.2) is 5.65 Å². The van der Waals surface area contributed by atoms with E-state index in [-0.39, 0.29) is 5.56 Å². The van der Waals surface area contributed by atoms with E-state index in [1.54, 1.807) is 28.9 Å². The summed E-state index contributed by atoms with van der Waals surface area (Å²) in [5.74, 6) is -0.956. The van der Waals surface area contributed by atoms with Gasteiger partial charge in [0.25, 0.3) is 0 Å². The van der Waals surface area contributed by atoms with Gasteiger partial charge in [-0.15, -0.1) is 0 Å². The summed E-state index contributed by atoms with van der Waals surface area (Å²) < 4.78 is 1.78. The molecule has 0 atom stereocenters. The smallest absolute Gasteiger partial charge is 0.339 e. The molecule has 0 saturated heterocycles. The molecule has 0 aliphatic heterocycles. The molecule has 2 rings (SSSR count). The van der Waals surface area contributed by atoms with E-state index < -0.39 is 5.97 Å². The minimum absolute atomic E-state index is 0.222. The molecule has 5 nitrogen and oxygen atoms in total. The Morgan fingerprint density at radius 2 is 2.47 bits per heavy atom. The van der Waals surface area contributed by atoms with Gasteiger partial charge in [-0.05, 0) is 19.2 Å². The quantitative estimate of drug-likeness (QED) is 0.776. The Balaban J connectivity index is 2.63. The molecule has 0 aliphatic carbocycles. The van der Waals surface area contributed by atoms with Crippen molar-refractivity contribution < 1.29 is 9.90 Å². The van der Waals surface area contributed by atoms with Crippen LogP contribution in [0.5, 0.6) is 0 Å². The molecule has 2 aromatic heterocycles. The number of hydrogen-bond donors (Lipinski definition) is 2. The van der Waals surface area contributed by atoms with Crippen molar-refractivity contribution in [3.05, 3.63) is 35.8 Å². The topological polar surface area (TPSA) is 66.6 Å². The lowest BCUT2D eigenvalue weighted by Crippen LogP contribution is -2.08. The largest absolute Gasteiger partial charge is 0.478 e. The number of aromatic nitrogens is 2. The van der Waals surface area contributed by atoms with E-state index in [9.17, 15) is 4.79 Å². The molecule has 78 valence electrons. The van der Waals surface area contributed by atoms with Gasteiger partial charge in [-0.3, -0.25) is 0 Å². The maximum Gasteiger partial charge on any atom is 0.339 e. The summed E-state index contributed by atoms with van der Waals surface area (Å²) in [6.45, 7) is 0.657. The van der Waals surface area contributed by atoms with Crippen molar-refractivity contribution in [1.29, 1.82) is 0 Å². The Bertz CT molecular complexity index is 504. The molecule has 2 N–H and O–H groups in total. The third-order valence-corrected chi connectivity index (χ3v) is 2.20. The first-order valence-corrected chi connectivity index (χ1v) is 4.57. The molecule has 0 aromatic carbocycles. The lowest BCUT2D eigenvalue weighted by Gasteiger charge is -2.01. The number of rotatable bonds is 3. The van der Waals surface area contributed by atoms with Gasteiger partial charge in [-0.1, -0.05) is 0 Å². The number of carbonyl (C=O) groups is 1. The molecule has 0 amide bonds. The van der Waals surface area contributed by atoms with Gasteiger partial charge in [0, 0.05) is 12.7 Å². The van der Waals surface area contributed by atoms with E-state index in [0.717, 1.165) is 5.69 Å². The Morgan fingerprint density at radius 3 is 3.13 bits per heavy atom. The SMILES string of the molecule is CNCc1cnc2c(C(=O)O)cccn12. The van der Waals surface area contributed by atoms with Crippen molar-refractivity contribution >= 4 is 11.6 Å². The zero-order valence-corrected chi connectivity index (χ0v) is 8.27. The fourth-order valence-electron chi connectivity index (χ4n) is 1.54. The van der Waals surface area contributed by atoms with Crippen molar-refractivity contribution in [2.24, 2.45) is 0 Å². The minimum Gasteiger partial charge on any atom is -0.478 e. The Hall–Kier alpha value is -1.88. The van der Waals surface area contributed by atoms with Crippen LogP contribution >= 0.6 is 0 Å². The third-order valence-electron chi connectivity index (χ3n) is 2.20. The van der Waals surface area contributed by atoms with Crippen molar-refractivity contribution in [1.82, 2.24) is 14.7 Å². The zero-order valence-electron chi connectivity index (χ0n) is 8.27. The summed E-state index contributed by atoms with van der Waals surface area (Å²) in [6, 6.07) is 3.26. The Kier molecular flexibility index (Phi) is 2.39. The van der Waals surface area contributed by atoms with Crippen LogP contribution in [-0.4, -0.2) is 27.5 Å². The van der Waals surface area contributed by atoms with E-state index >= 15 is 0 Å². The van der Waals surface area contributed by atoms with Crippen molar-refractivity contribution in [3.8, 4) is 0 Å². The van der Waals surface area contributed by atoms with Crippen LogP contribution in [0, 0.1) is 0 Å². The normalized spacial score (nSPS) is 10.7. The van der Waals surface area contributed by atoms with Gasteiger partial charge in [0.1, 0.15) is 5.56 Å². The number of nitrogens with one attached hydrogen (secondary N) is 1. The molecule has 2 aromatic rings. The summed E-state index contributed by atoms with van der Waals surface area (Å²) in [5.41, 5.74) is 1.64. The second-order valence-electron chi connectivity index (χ2n) is 3.20. The van der Waals surface area contributed by atoms with Crippen LogP contribution in [0.3, 0.4) is 0 Å². The molecule has 5 heteroatoms. The van der Waals surface area contributed by atoms with Gasteiger partial charge in [-0.25, -0.2) is 9.78 Å². The minimum atomic E-state index is -0.956. The fourth-order valence-corrected chi connectivity index (χ4v) is 1.54. The number of pyridine rings is 1. The molecule has 15 heavy (non-hydrogen) atoms. The predicted molar refractivity (Wildman–Crippen MR) is 54.9 cm³/mol. The average Bonchev–Trinajstić information content (AvgIpc) is 2.62. The maximum absolute atomic E-state index is 10.9. The van der Waals surface area contributed by atoms with Gasteiger partial charge in [-0.2, -0.15) is 0 Å². The maximum atomic E-state index is 10.9. The summed E-state index contributed by atoms with van der Waals surface area (Å²) in [7, 11) is 1.83. The zero-order chi connectivity index (χ0) is 10.8. The third kappa shape index (κ3) is 1.57. The molecule has 0 spiro atoms. The molecular weight excluding hydrogens is 194 g/mol. The van der Waals surface area contributed by atoms with Crippen molar-refractivity contribution in [2.45, 2.75) is 6.54 Å². The number of aromatic carboxylic acids is 1. The van der Waals surface area contributed by atoms with Crippen molar-refractivity contribution in [3.63, 3.8) is 0 Å². The molecule has 0 bridgehead atoms. The highest BCUT2D eigenvalue weighted by atomic mass is 16.4. The lowest BCUT2D eigenvalue weighted by molar-refractivity contribution is 0.0698. The van der Waals surface area contributed by atoms with E-state index in [1.807, 2.05) is 7.05 Å². The van der Waals surface area contributed by atoms with Crippen LogP contribution in [-0.2, 0) is 6.54 Å². The summed E-state index contributed by atoms with van der Waals surface area (Å²) >= 11 is 0. The summed E-state index contributed by atoms with van der Waals surface area (Å²) in [5, 5.41) is 12.0. The second-order valence-corrected chi connectivity index (χ2v) is 3.20. The highest BCUT2D eigenvalue weighted by molar-refractivity contribution is 5.94. The number of imidazole rings is 1. The van der Waals surface area contributed by atoms with Gasteiger partial charge >= 0.3 is 5.97 Å². The predicted octanol–water partition coefficient (Wildman–Crippen LogP) is 0.752. The van der Waals surface area contributed by atoms with Crippen LogP contribution in [0.4, 0.5) is 0 Å². The number of hydrogen-bond acceptors (Lipinski definition) is 3. The Morgan fingerprint density at radius 1 is 1.67 bits per heavy atom. The lowest BCUT2D eigenvalue weighted by atomic mass is 10.3. The van der Waals surface area contributed by atoms with Crippen LogP contribution in [0.25, 0.3) is 5.65 Å². The number of carboxylic acid groups (broad SMARTS) is 1. The summed E-state index contributed by atoms with van der Waals surface area (Å²) in [6.07, 6.45) is 3.49. The van der Waals surface area contributed by atoms with Crippen LogP contribution in [0.1, 0.15) is 16.1 Å². The van der Waals surface area contributed by atoms with E-state index in [1.165, 1.54) is 0 Å². The van der Waals surface area contributed by atoms with E-state index in [0.29, 0.717) is 12.2 Å².